The van der Waals surface area contributed by atoms with Gasteiger partial charge in [0.05, 0.1) is 11.5 Å². The molecule has 1 aromatic rings. The summed E-state index contributed by atoms with van der Waals surface area (Å²) in [5.74, 6) is 0. The fraction of sp³-hybridized carbons (Fsp3) is 0.333. The van der Waals surface area contributed by atoms with Crippen molar-refractivity contribution in [2.45, 2.75) is 17.9 Å². The Kier molecular flexibility index (Phi) is 3.67. The van der Waals surface area contributed by atoms with Crippen molar-refractivity contribution in [1.29, 1.82) is 0 Å². The van der Waals surface area contributed by atoms with E-state index in [9.17, 15) is 8.42 Å². The Morgan fingerprint density at radius 3 is 2.40 bits per heavy atom. The average Bonchev–Trinajstić information content (AvgIpc) is 2.17. The highest BCUT2D eigenvalue weighted by molar-refractivity contribution is 7.89. The fourth-order valence-electron chi connectivity index (χ4n) is 1.02. The van der Waals surface area contributed by atoms with E-state index >= 15 is 0 Å². The second-order valence-electron chi connectivity index (χ2n) is 3.27. The van der Waals surface area contributed by atoms with Crippen LogP contribution in [-0.4, -0.2) is 26.2 Å². The third-order valence-electron chi connectivity index (χ3n) is 1.82. The number of aliphatic hydroxyl groups excluding tert-OH is 1. The van der Waals surface area contributed by atoms with Crippen LogP contribution in [-0.2, 0) is 10.0 Å². The van der Waals surface area contributed by atoms with Crippen molar-refractivity contribution in [3.05, 3.63) is 24.3 Å². The van der Waals surface area contributed by atoms with E-state index in [-0.39, 0.29) is 11.5 Å². The highest BCUT2D eigenvalue weighted by Gasteiger charge is 2.16. The van der Waals surface area contributed by atoms with E-state index in [0.717, 1.165) is 0 Å². The van der Waals surface area contributed by atoms with Gasteiger partial charge in [-0.3, -0.25) is 0 Å². The summed E-state index contributed by atoms with van der Waals surface area (Å²) in [7, 11) is -3.55. The predicted octanol–water partition coefficient (Wildman–Crippen LogP) is -0.0721. The van der Waals surface area contributed by atoms with E-state index in [1.807, 2.05) is 0 Å². The molecule has 0 spiro atoms. The number of sulfonamides is 1. The molecule has 0 bridgehead atoms. The monoisotopic (exact) mass is 230 g/mol. The maximum absolute atomic E-state index is 11.6. The Hall–Kier alpha value is -1.11. The van der Waals surface area contributed by atoms with E-state index in [4.69, 9.17) is 10.8 Å². The molecule has 0 unspecified atom stereocenters. The van der Waals surface area contributed by atoms with Crippen molar-refractivity contribution in [2.24, 2.45) is 0 Å². The Morgan fingerprint density at radius 2 is 1.93 bits per heavy atom. The van der Waals surface area contributed by atoms with Gasteiger partial charge in [0, 0.05) is 11.7 Å². The largest absolute Gasteiger partial charge is 0.399 e. The average molecular weight is 230 g/mol. The number of hydrogen-bond donors (Lipinski definition) is 3. The van der Waals surface area contributed by atoms with Crippen LogP contribution in [0.2, 0.25) is 0 Å². The number of nitrogen functional groups attached to an aromatic ring is 1. The maximum Gasteiger partial charge on any atom is 0.240 e. The van der Waals surface area contributed by atoms with Gasteiger partial charge >= 0.3 is 0 Å². The molecule has 5 nitrogen and oxygen atoms in total. The number of rotatable bonds is 4. The summed E-state index contributed by atoms with van der Waals surface area (Å²) in [4.78, 5) is 0.136. The highest BCUT2D eigenvalue weighted by atomic mass is 32.2. The molecule has 1 aromatic carbocycles. The third kappa shape index (κ3) is 3.19. The van der Waals surface area contributed by atoms with Gasteiger partial charge < -0.3 is 10.8 Å². The molecule has 0 radical (unpaired) electrons. The van der Waals surface area contributed by atoms with Crippen LogP contribution >= 0.6 is 0 Å². The van der Waals surface area contributed by atoms with Crippen molar-refractivity contribution in [3.63, 3.8) is 0 Å². The van der Waals surface area contributed by atoms with Gasteiger partial charge in [-0.05, 0) is 31.2 Å². The smallest absolute Gasteiger partial charge is 0.240 e. The van der Waals surface area contributed by atoms with Crippen LogP contribution in [0.25, 0.3) is 0 Å². The van der Waals surface area contributed by atoms with Crippen molar-refractivity contribution in [3.8, 4) is 0 Å². The standard InChI is InChI=1S/C9H14N2O3S/c1-7(6-12)11-15(13,14)9-4-2-8(10)3-5-9/h2-5,7,11-12H,6,10H2,1H3/t7-/m0/s1. The zero-order valence-electron chi connectivity index (χ0n) is 8.34. The highest BCUT2D eigenvalue weighted by Crippen LogP contribution is 2.11. The first-order valence-corrected chi connectivity index (χ1v) is 5.93. The van der Waals surface area contributed by atoms with Crippen LogP contribution in [0.4, 0.5) is 5.69 Å². The Bertz CT molecular complexity index is 413. The first kappa shape index (κ1) is 12.0. The van der Waals surface area contributed by atoms with Crippen molar-refractivity contribution >= 4 is 15.7 Å². The van der Waals surface area contributed by atoms with Crippen LogP contribution in [0.1, 0.15) is 6.92 Å². The molecule has 0 aliphatic heterocycles. The quantitative estimate of drug-likeness (QED) is 0.631. The molecule has 84 valence electrons. The van der Waals surface area contributed by atoms with Crippen LogP contribution in [0.5, 0.6) is 0 Å². The Balaban J connectivity index is 2.91. The van der Waals surface area contributed by atoms with Gasteiger partial charge in [0.25, 0.3) is 0 Å². The van der Waals surface area contributed by atoms with Crippen molar-refractivity contribution in [1.82, 2.24) is 4.72 Å². The molecule has 0 saturated heterocycles. The molecule has 6 heteroatoms. The van der Waals surface area contributed by atoms with E-state index in [1.165, 1.54) is 24.3 Å². The van der Waals surface area contributed by atoms with Gasteiger partial charge in [0.2, 0.25) is 10.0 Å². The lowest BCUT2D eigenvalue weighted by Crippen LogP contribution is -2.34. The van der Waals surface area contributed by atoms with Crippen LogP contribution in [0, 0.1) is 0 Å². The molecule has 0 saturated carbocycles. The van der Waals surface area contributed by atoms with Crippen molar-refractivity contribution in [2.75, 3.05) is 12.3 Å². The van der Waals surface area contributed by atoms with Gasteiger partial charge in [-0.1, -0.05) is 0 Å². The molecule has 4 N–H and O–H groups in total. The van der Waals surface area contributed by atoms with Crippen LogP contribution in [0.3, 0.4) is 0 Å². The molecule has 0 aromatic heterocycles. The van der Waals surface area contributed by atoms with Gasteiger partial charge in [-0.2, -0.15) is 0 Å². The minimum atomic E-state index is -3.55. The summed E-state index contributed by atoms with van der Waals surface area (Å²) in [6.45, 7) is 1.34. The minimum absolute atomic E-state index is 0.136. The second-order valence-corrected chi connectivity index (χ2v) is 4.99. The number of nitrogens with two attached hydrogens (primary N) is 1. The molecule has 0 fully saturated rings. The van der Waals surface area contributed by atoms with Gasteiger partial charge in [0.1, 0.15) is 0 Å². The van der Waals surface area contributed by atoms with Gasteiger partial charge in [-0.15, -0.1) is 0 Å². The molecule has 0 aliphatic carbocycles. The van der Waals surface area contributed by atoms with E-state index in [1.54, 1.807) is 6.92 Å². The lowest BCUT2D eigenvalue weighted by Gasteiger charge is -2.11. The van der Waals surface area contributed by atoms with E-state index < -0.39 is 16.1 Å². The topological polar surface area (TPSA) is 92.4 Å². The number of aliphatic hydroxyl groups is 1. The summed E-state index contributed by atoms with van der Waals surface area (Å²) >= 11 is 0. The molecule has 0 heterocycles. The molecule has 1 atom stereocenters. The van der Waals surface area contributed by atoms with Crippen LogP contribution < -0.4 is 10.5 Å². The van der Waals surface area contributed by atoms with Gasteiger partial charge in [-0.25, -0.2) is 13.1 Å². The zero-order chi connectivity index (χ0) is 11.5. The molecule has 0 amide bonds. The van der Waals surface area contributed by atoms with Gasteiger partial charge in [0.15, 0.2) is 0 Å². The Labute approximate surface area is 89.0 Å². The lowest BCUT2D eigenvalue weighted by atomic mass is 10.3. The fourth-order valence-corrected chi connectivity index (χ4v) is 2.25. The normalized spacial score (nSPS) is 13.7. The first-order valence-electron chi connectivity index (χ1n) is 4.44. The molecular weight excluding hydrogens is 216 g/mol. The molecule has 1 rings (SSSR count). The summed E-state index contributed by atoms with van der Waals surface area (Å²) in [5.41, 5.74) is 5.95. The summed E-state index contributed by atoms with van der Waals surface area (Å²) in [5, 5.41) is 8.74. The summed E-state index contributed by atoms with van der Waals surface area (Å²) in [6, 6.07) is 5.35. The zero-order valence-corrected chi connectivity index (χ0v) is 9.16. The molecule has 15 heavy (non-hydrogen) atoms. The number of anilines is 1. The molecular formula is C9H14N2O3S. The SMILES string of the molecule is C[C@@H](CO)NS(=O)(=O)c1ccc(N)cc1. The number of benzene rings is 1. The van der Waals surface area contributed by atoms with E-state index in [2.05, 4.69) is 4.72 Å². The summed E-state index contributed by atoms with van der Waals surface area (Å²) < 4.78 is 25.6. The Morgan fingerprint density at radius 1 is 1.40 bits per heavy atom. The minimum Gasteiger partial charge on any atom is -0.399 e. The predicted molar refractivity (Wildman–Crippen MR) is 57.7 cm³/mol. The van der Waals surface area contributed by atoms with E-state index in [0.29, 0.717) is 5.69 Å². The van der Waals surface area contributed by atoms with Crippen LogP contribution in [0.15, 0.2) is 29.2 Å². The second kappa shape index (κ2) is 4.61. The van der Waals surface area contributed by atoms with Crippen molar-refractivity contribution < 1.29 is 13.5 Å². The number of hydrogen-bond acceptors (Lipinski definition) is 4. The maximum atomic E-state index is 11.6. The summed E-state index contributed by atoms with van der Waals surface area (Å²) in [6.07, 6.45) is 0. The first-order chi connectivity index (χ1) is 6.95. The number of nitrogens with one attached hydrogen (secondary N) is 1. The third-order valence-corrected chi connectivity index (χ3v) is 3.43. The molecule has 0 aliphatic rings. The lowest BCUT2D eigenvalue weighted by molar-refractivity contribution is 0.265.